The van der Waals surface area contributed by atoms with Gasteiger partial charge in [0.15, 0.2) is 17.0 Å². The summed E-state index contributed by atoms with van der Waals surface area (Å²) in [4.78, 5) is 17.6. The lowest BCUT2D eigenvalue weighted by molar-refractivity contribution is 0.120. The second-order valence-corrected chi connectivity index (χ2v) is 6.21. The second-order valence-electron chi connectivity index (χ2n) is 5.77. The molecule has 3 aromatic rings. The number of anilines is 3. The van der Waals surface area contributed by atoms with Gasteiger partial charge in [0.2, 0.25) is 5.95 Å². The average molecular weight is 357 g/mol. The summed E-state index contributed by atoms with van der Waals surface area (Å²) in [5, 5.41) is 7.17. The summed E-state index contributed by atoms with van der Waals surface area (Å²) in [7, 11) is 0. The standard InChI is InChI=1S/C17H17ClN6O/c18-11-3-5-12(6-4-11)22-16-14-15(20-8-7-19-14)23-17(24-16)21-10-13-2-1-9-25-13/h3-8,13H,1-2,9-10H2,(H2,20,21,22,23,24)/t13-/m1/s1. The molecule has 1 aliphatic rings. The van der Waals surface area contributed by atoms with E-state index in [1.165, 1.54) is 0 Å². The number of hydrogen-bond acceptors (Lipinski definition) is 7. The summed E-state index contributed by atoms with van der Waals surface area (Å²) in [6, 6.07) is 7.39. The Kier molecular flexibility index (Phi) is 4.58. The summed E-state index contributed by atoms with van der Waals surface area (Å²) >= 11 is 5.94. The fourth-order valence-corrected chi connectivity index (χ4v) is 2.84. The number of rotatable bonds is 5. The van der Waals surface area contributed by atoms with Gasteiger partial charge in [0.05, 0.1) is 6.10 Å². The normalized spacial score (nSPS) is 16.9. The van der Waals surface area contributed by atoms with Gasteiger partial charge in [0.1, 0.15) is 0 Å². The molecule has 1 aromatic carbocycles. The first-order valence-electron chi connectivity index (χ1n) is 8.15. The van der Waals surface area contributed by atoms with Crippen molar-refractivity contribution in [1.82, 2.24) is 19.9 Å². The highest BCUT2D eigenvalue weighted by Gasteiger charge is 2.16. The SMILES string of the molecule is Clc1ccc(Nc2nc(NC[C@H]3CCCO3)nc3nccnc23)cc1. The van der Waals surface area contributed by atoms with Gasteiger partial charge in [-0.2, -0.15) is 9.97 Å². The Labute approximate surface area is 149 Å². The zero-order chi connectivity index (χ0) is 17.1. The highest BCUT2D eigenvalue weighted by atomic mass is 35.5. The number of halogens is 1. The molecule has 0 amide bonds. The van der Waals surface area contributed by atoms with E-state index in [4.69, 9.17) is 16.3 Å². The van der Waals surface area contributed by atoms with Crippen LogP contribution in [0.15, 0.2) is 36.7 Å². The summed E-state index contributed by atoms with van der Waals surface area (Å²) in [5.74, 6) is 1.09. The van der Waals surface area contributed by atoms with E-state index in [2.05, 4.69) is 30.6 Å². The van der Waals surface area contributed by atoms with Gasteiger partial charge in [0, 0.05) is 36.3 Å². The molecule has 1 fully saturated rings. The summed E-state index contributed by atoms with van der Waals surface area (Å²) < 4.78 is 5.63. The predicted octanol–water partition coefficient (Wildman–Crippen LogP) is 3.41. The molecule has 2 N–H and O–H groups in total. The molecule has 4 rings (SSSR count). The highest BCUT2D eigenvalue weighted by Crippen LogP contribution is 2.23. The van der Waals surface area contributed by atoms with Gasteiger partial charge in [-0.25, -0.2) is 9.97 Å². The second kappa shape index (κ2) is 7.16. The molecule has 7 nitrogen and oxygen atoms in total. The smallest absolute Gasteiger partial charge is 0.226 e. The van der Waals surface area contributed by atoms with Crippen LogP contribution in [0.2, 0.25) is 5.02 Å². The van der Waals surface area contributed by atoms with E-state index in [0.29, 0.717) is 34.5 Å². The Balaban J connectivity index is 1.62. The molecule has 2 aromatic heterocycles. The first-order valence-corrected chi connectivity index (χ1v) is 8.52. The van der Waals surface area contributed by atoms with Crippen LogP contribution in [0.3, 0.4) is 0 Å². The molecular weight excluding hydrogens is 340 g/mol. The molecule has 8 heteroatoms. The minimum atomic E-state index is 0.203. The van der Waals surface area contributed by atoms with Gasteiger partial charge in [-0.15, -0.1) is 0 Å². The Bertz CT molecular complexity index is 867. The number of ether oxygens (including phenoxy) is 1. The third-order valence-electron chi connectivity index (χ3n) is 3.95. The van der Waals surface area contributed by atoms with E-state index in [-0.39, 0.29) is 6.10 Å². The largest absolute Gasteiger partial charge is 0.376 e. The van der Waals surface area contributed by atoms with Crippen molar-refractivity contribution >= 4 is 40.2 Å². The van der Waals surface area contributed by atoms with Crippen molar-refractivity contribution in [3.05, 3.63) is 41.7 Å². The predicted molar refractivity (Wildman–Crippen MR) is 97.3 cm³/mol. The van der Waals surface area contributed by atoms with Crippen LogP contribution in [-0.2, 0) is 4.74 Å². The maximum atomic E-state index is 5.94. The number of fused-ring (bicyclic) bond motifs is 1. The fraction of sp³-hybridized carbons (Fsp3) is 0.294. The van der Waals surface area contributed by atoms with Gasteiger partial charge in [-0.05, 0) is 37.1 Å². The molecule has 0 spiro atoms. The van der Waals surface area contributed by atoms with E-state index in [1.807, 2.05) is 24.3 Å². The third-order valence-corrected chi connectivity index (χ3v) is 4.20. The van der Waals surface area contributed by atoms with Gasteiger partial charge in [-0.3, -0.25) is 0 Å². The topological polar surface area (TPSA) is 84.9 Å². The Morgan fingerprint density at radius 2 is 1.96 bits per heavy atom. The molecule has 128 valence electrons. The molecule has 0 saturated carbocycles. The zero-order valence-corrected chi connectivity index (χ0v) is 14.2. The summed E-state index contributed by atoms with van der Waals surface area (Å²) in [6.07, 6.45) is 5.59. The van der Waals surface area contributed by atoms with E-state index in [0.717, 1.165) is 25.1 Å². The monoisotopic (exact) mass is 356 g/mol. The van der Waals surface area contributed by atoms with Crippen LogP contribution in [0.25, 0.3) is 11.2 Å². The third kappa shape index (κ3) is 3.78. The molecule has 3 heterocycles. The van der Waals surface area contributed by atoms with Gasteiger partial charge in [0.25, 0.3) is 0 Å². The molecule has 25 heavy (non-hydrogen) atoms. The molecule has 0 bridgehead atoms. The number of aromatic nitrogens is 4. The van der Waals surface area contributed by atoms with Crippen LogP contribution in [0, 0.1) is 0 Å². The van der Waals surface area contributed by atoms with Gasteiger partial charge < -0.3 is 15.4 Å². The molecule has 1 atom stereocenters. The fourth-order valence-electron chi connectivity index (χ4n) is 2.71. The zero-order valence-electron chi connectivity index (χ0n) is 13.4. The molecule has 0 aliphatic carbocycles. The van der Waals surface area contributed by atoms with Crippen molar-refractivity contribution < 1.29 is 4.74 Å². The van der Waals surface area contributed by atoms with Crippen molar-refractivity contribution in [1.29, 1.82) is 0 Å². The Hall–Kier alpha value is -2.51. The lowest BCUT2D eigenvalue weighted by atomic mass is 10.2. The van der Waals surface area contributed by atoms with E-state index >= 15 is 0 Å². The van der Waals surface area contributed by atoms with E-state index < -0.39 is 0 Å². The quantitative estimate of drug-likeness (QED) is 0.724. The van der Waals surface area contributed by atoms with Crippen molar-refractivity contribution in [2.75, 3.05) is 23.8 Å². The van der Waals surface area contributed by atoms with Crippen LogP contribution in [0.5, 0.6) is 0 Å². The first kappa shape index (κ1) is 16.0. The maximum Gasteiger partial charge on any atom is 0.226 e. The molecule has 0 radical (unpaired) electrons. The molecule has 0 unspecified atom stereocenters. The lowest BCUT2D eigenvalue weighted by Gasteiger charge is -2.13. The van der Waals surface area contributed by atoms with E-state index in [1.54, 1.807) is 12.4 Å². The van der Waals surface area contributed by atoms with Crippen molar-refractivity contribution in [2.24, 2.45) is 0 Å². The van der Waals surface area contributed by atoms with Crippen LogP contribution in [-0.4, -0.2) is 39.2 Å². The Morgan fingerprint density at radius 3 is 2.76 bits per heavy atom. The number of nitrogens with zero attached hydrogens (tertiary/aromatic N) is 4. The highest BCUT2D eigenvalue weighted by molar-refractivity contribution is 6.30. The van der Waals surface area contributed by atoms with Crippen LogP contribution in [0.1, 0.15) is 12.8 Å². The Morgan fingerprint density at radius 1 is 1.12 bits per heavy atom. The van der Waals surface area contributed by atoms with Crippen molar-refractivity contribution in [3.8, 4) is 0 Å². The maximum absolute atomic E-state index is 5.94. The average Bonchev–Trinajstić information content (AvgIpc) is 3.15. The van der Waals surface area contributed by atoms with Gasteiger partial charge in [-0.1, -0.05) is 11.6 Å². The molecule has 1 saturated heterocycles. The molecule has 1 aliphatic heterocycles. The minimum Gasteiger partial charge on any atom is -0.376 e. The number of benzene rings is 1. The summed E-state index contributed by atoms with van der Waals surface area (Å²) in [5.41, 5.74) is 2.00. The van der Waals surface area contributed by atoms with E-state index in [9.17, 15) is 0 Å². The number of hydrogen-bond donors (Lipinski definition) is 2. The molecular formula is C17H17ClN6O. The van der Waals surface area contributed by atoms with Crippen LogP contribution >= 0.6 is 11.6 Å². The first-order chi connectivity index (χ1) is 12.3. The van der Waals surface area contributed by atoms with Crippen molar-refractivity contribution in [3.63, 3.8) is 0 Å². The number of nitrogens with one attached hydrogen (secondary N) is 2. The van der Waals surface area contributed by atoms with Gasteiger partial charge >= 0.3 is 0 Å². The summed E-state index contributed by atoms with van der Waals surface area (Å²) in [6.45, 7) is 1.49. The lowest BCUT2D eigenvalue weighted by Crippen LogP contribution is -2.20. The van der Waals surface area contributed by atoms with Crippen molar-refractivity contribution in [2.45, 2.75) is 18.9 Å². The van der Waals surface area contributed by atoms with Crippen LogP contribution < -0.4 is 10.6 Å². The van der Waals surface area contributed by atoms with Crippen LogP contribution in [0.4, 0.5) is 17.5 Å². The minimum absolute atomic E-state index is 0.203.